The van der Waals surface area contributed by atoms with E-state index < -0.39 is 15.8 Å². The first-order valence-corrected chi connectivity index (χ1v) is 9.44. The van der Waals surface area contributed by atoms with Crippen LogP contribution in [0.3, 0.4) is 0 Å². The standard InChI is InChI=1S/C19H17NO5S/c1-24-19(21)16-7-3-15(4-8-16)13-25-17-9-5-14(6-10-17)11-18(12-20)26(2,22)23/h3-11H,13H2,1-2H3/b18-11+. The Balaban J connectivity index is 2.03. The molecular weight excluding hydrogens is 354 g/mol. The lowest BCUT2D eigenvalue weighted by Gasteiger charge is -2.07. The number of allylic oxidation sites excluding steroid dienone is 1. The second-order valence-electron chi connectivity index (χ2n) is 5.44. The minimum Gasteiger partial charge on any atom is -0.489 e. The SMILES string of the molecule is COC(=O)c1ccc(COc2ccc(/C=C(\C#N)S(C)(=O)=O)cc2)cc1. The number of benzene rings is 2. The normalized spacial score (nSPS) is 11.5. The minimum absolute atomic E-state index is 0.295. The highest BCUT2D eigenvalue weighted by molar-refractivity contribution is 7.95. The molecule has 2 rings (SSSR count). The number of esters is 1. The van der Waals surface area contributed by atoms with Gasteiger partial charge in [-0.25, -0.2) is 13.2 Å². The van der Waals surface area contributed by atoms with Crippen molar-refractivity contribution < 1.29 is 22.7 Å². The molecule has 0 radical (unpaired) electrons. The quantitative estimate of drug-likeness (QED) is 0.572. The fourth-order valence-electron chi connectivity index (χ4n) is 2.06. The molecule has 0 fully saturated rings. The summed E-state index contributed by atoms with van der Waals surface area (Å²) >= 11 is 0. The summed E-state index contributed by atoms with van der Waals surface area (Å²) in [4.78, 5) is 11.1. The van der Waals surface area contributed by atoms with Gasteiger partial charge in [-0.05, 0) is 41.5 Å². The van der Waals surface area contributed by atoms with Gasteiger partial charge >= 0.3 is 5.97 Å². The average molecular weight is 371 g/mol. The van der Waals surface area contributed by atoms with Crippen molar-refractivity contribution in [3.63, 3.8) is 0 Å². The van der Waals surface area contributed by atoms with Crippen LogP contribution in [0.2, 0.25) is 0 Å². The van der Waals surface area contributed by atoms with Crippen LogP contribution < -0.4 is 4.74 Å². The third-order valence-electron chi connectivity index (χ3n) is 3.47. The van der Waals surface area contributed by atoms with Gasteiger partial charge in [0.05, 0.1) is 12.7 Å². The molecular formula is C19H17NO5S. The van der Waals surface area contributed by atoms with E-state index in [4.69, 9.17) is 10.00 Å². The number of carbonyl (C=O) groups excluding carboxylic acids is 1. The summed E-state index contributed by atoms with van der Waals surface area (Å²) < 4.78 is 33.2. The number of hydrogen-bond donors (Lipinski definition) is 0. The molecule has 0 aliphatic rings. The van der Waals surface area contributed by atoms with Gasteiger partial charge in [0.2, 0.25) is 0 Å². The van der Waals surface area contributed by atoms with Crippen molar-refractivity contribution in [2.75, 3.05) is 13.4 Å². The zero-order valence-corrected chi connectivity index (χ0v) is 15.1. The van der Waals surface area contributed by atoms with Crippen LogP contribution in [0.4, 0.5) is 0 Å². The topological polar surface area (TPSA) is 93.5 Å². The van der Waals surface area contributed by atoms with Crippen LogP contribution in [0.15, 0.2) is 53.4 Å². The molecule has 0 spiro atoms. The molecule has 0 heterocycles. The largest absolute Gasteiger partial charge is 0.489 e. The van der Waals surface area contributed by atoms with Crippen molar-refractivity contribution >= 4 is 21.9 Å². The van der Waals surface area contributed by atoms with E-state index >= 15 is 0 Å². The van der Waals surface area contributed by atoms with E-state index in [0.29, 0.717) is 23.5 Å². The first-order chi connectivity index (χ1) is 12.3. The summed E-state index contributed by atoms with van der Waals surface area (Å²) in [7, 11) is -2.22. The first-order valence-electron chi connectivity index (χ1n) is 7.55. The molecule has 2 aromatic carbocycles. The number of nitrogens with zero attached hydrogens (tertiary/aromatic N) is 1. The average Bonchev–Trinajstić information content (AvgIpc) is 2.64. The summed E-state index contributed by atoms with van der Waals surface area (Å²) in [5.41, 5.74) is 1.93. The fourth-order valence-corrected chi connectivity index (χ4v) is 2.57. The van der Waals surface area contributed by atoms with E-state index in [1.165, 1.54) is 13.2 Å². The number of hydrogen-bond acceptors (Lipinski definition) is 6. The minimum atomic E-state index is -3.55. The van der Waals surface area contributed by atoms with E-state index in [0.717, 1.165) is 11.8 Å². The fraction of sp³-hybridized carbons (Fsp3) is 0.158. The Morgan fingerprint density at radius 2 is 1.73 bits per heavy atom. The lowest BCUT2D eigenvalue weighted by molar-refractivity contribution is 0.0600. The number of sulfone groups is 1. The maximum Gasteiger partial charge on any atom is 0.337 e. The second kappa shape index (κ2) is 8.32. The first kappa shape index (κ1) is 19.2. The summed E-state index contributed by atoms with van der Waals surface area (Å²) in [6, 6.07) is 15.2. The molecule has 0 atom stereocenters. The molecule has 2 aromatic rings. The summed E-state index contributed by atoms with van der Waals surface area (Å²) in [5, 5.41) is 8.91. The van der Waals surface area contributed by atoms with Gasteiger partial charge in [0, 0.05) is 6.26 Å². The number of nitriles is 1. The molecule has 0 aliphatic heterocycles. The van der Waals surface area contributed by atoms with E-state index in [9.17, 15) is 13.2 Å². The van der Waals surface area contributed by atoms with Crippen molar-refractivity contribution in [3.05, 3.63) is 70.1 Å². The van der Waals surface area contributed by atoms with Crippen molar-refractivity contribution in [1.82, 2.24) is 0 Å². The van der Waals surface area contributed by atoms with Gasteiger partial charge in [-0.2, -0.15) is 5.26 Å². The smallest absolute Gasteiger partial charge is 0.337 e. The lowest BCUT2D eigenvalue weighted by atomic mass is 10.1. The van der Waals surface area contributed by atoms with Gasteiger partial charge < -0.3 is 9.47 Å². The molecule has 0 saturated carbocycles. The summed E-state index contributed by atoms with van der Waals surface area (Å²) in [6.07, 6.45) is 2.30. The van der Waals surface area contributed by atoms with Crippen molar-refractivity contribution in [2.45, 2.75) is 6.61 Å². The Kier molecular flexibility index (Phi) is 6.15. The molecule has 0 unspecified atom stereocenters. The molecule has 26 heavy (non-hydrogen) atoms. The molecule has 0 aromatic heterocycles. The van der Waals surface area contributed by atoms with Crippen molar-refractivity contribution in [1.29, 1.82) is 5.26 Å². The second-order valence-corrected chi connectivity index (χ2v) is 7.42. The van der Waals surface area contributed by atoms with Gasteiger partial charge in [-0.1, -0.05) is 24.3 Å². The van der Waals surface area contributed by atoms with Crippen LogP contribution in [0.5, 0.6) is 5.75 Å². The molecule has 6 nitrogen and oxygen atoms in total. The van der Waals surface area contributed by atoms with E-state index in [1.54, 1.807) is 54.6 Å². The van der Waals surface area contributed by atoms with E-state index in [-0.39, 0.29) is 4.91 Å². The summed E-state index contributed by atoms with van der Waals surface area (Å²) in [6.45, 7) is 0.309. The van der Waals surface area contributed by atoms with Crippen LogP contribution in [-0.4, -0.2) is 27.8 Å². The zero-order chi connectivity index (χ0) is 19.2. The van der Waals surface area contributed by atoms with Crippen molar-refractivity contribution in [3.8, 4) is 11.8 Å². The monoisotopic (exact) mass is 371 g/mol. The predicted octanol–water partition coefficient (Wildman–Crippen LogP) is 2.96. The molecule has 0 aliphatic carbocycles. The van der Waals surface area contributed by atoms with Crippen LogP contribution in [-0.2, 0) is 21.2 Å². The highest BCUT2D eigenvalue weighted by Crippen LogP contribution is 2.17. The highest BCUT2D eigenvalue weighted by Gasteiger charge is 2.10. The van der Waals surface area contributed by atoms with Gasteiger partial charge in [-0.3, -0.25) is 0 Å². The maximum atomic E-state index is 11.4. The molecule has 0 bridgehead atoms. The number of rotatable bonds is 6. The number of ether oxygens (including phenoxy) is 2. The lowest BCUT2D eigenvalue weighted by Crippen LogP contribution is -2.02. The van der Waals surface area contributed by atoms with Gasteiger partial charge in [0.1, 0.15) is 23.3 Å². The highest BCUT2D eigenvalue weighted by atomic mass is 32.2. The van der Waals surface area contributed by atoms with E-state index in [2.05, 4.69) is 4.74 Å². The molecule has 0 saturated heterocycles. The predicted molar refractivity (Wildman–Crippen MR) is 97.0 cm³/mol. The van der Waals surface area contributed by atoms with Crippen LogP contribution >= 0.6 is 0 Å². The van der Waals surface area contributed by atoms with Crippen molar-refractivity contribution in [2.24, 2.45) is 0 Å². The number of carbonyl (C=O) groups is 1. The van der Waals surface area contributed by atoms with E-state index in [1.807, 2.05) is 0 Å². The molecule has 134 valence electrons. The Bertz CT molecular complexity index is 952. The van der Waals surface area contributed by atoms with Gasteiger partial charge in [0.15, 0.2) is 9.84 Å². The maximum absolute atomic E-state index is 11.4. The molecule has 0 amide bonds. The van der Waals surface area contributed by atoms with Crippen LogP contribution in [0.25, 0.3) is 6.08 Å². The van der Waals surface area contributed by atoms with Gasteiger partial charge in [0.25, 0.3) is 0 Å². The van der Waals surface area contributed by atoms with Gasteiger partial charge in [-0.15, -0.1) is 0 Å². The Morgan fingerprint density at radius 3 is 2.23 bits per heavy atom. The zero-order valence-electron chi connectivity index (χ0n) is 14.3. The Labute approximate surface area is 152 Å². The number of methoxy groups -OCH3 is 1. The molecule has 7 heteroatoms. The third kappa shape index (κ3) is 5.19. The van der Waals surface area contributed by atoms with Crippen LogP contribution in [0.1, 0.15) is 21.5 Å². The Morgan fingerprint density at radius 1 is 1.12 bits per heavy atom. The van der Waals surface area contributed by atoms with Crippen LogP contribution in [0, 0.1) is 11.3 Å². The molecule has 0 N–H and O–H groups in total. The Hall–Kier alpha value is -3.11. The summed E-state index contributed by atoms with van der Waals surface area (Å²) in [5.74, 6) is 0.198. The third-order valence-corrected chi connectivity index (χ3v) is 4.48.